The molecule has 0 N–H and O–H groups in total. The predicted molar refractivity (Wildman–Crippen MR) is 133 cm³/mol. The maximum absolute atomic E-state index is 13.8. The van der Waals surface area contributed by atoms with Gasteiger partial charge in [0.2, 0.25) is 0 Å². The third kappa shape index (κ3) is 4.06. The van der Waals surface area contributed by atoms with E-state index in [0.717, 1.165) is 33.8 Å². The first kappa shape index (κ1) is 20.8. The highest BCUT2D eigenvalue weighted by atomic mass is 16.5. The molecular weight excluding hydrogens is 406 g/mol. The molecular formula is C30H25NO2. The Morgan fingerprint density at radius 2 is 1.33 bits per heavy atom. The summed E-state index contributed by atoms with van der Waals surface area (Å²) in [4.78, 5) is 16.1. The zero-order chi connectivity index (χ0) is 22.6. The molecule has 1 aliphatic heterocycles. The van der Waals surface area contributed by atoms with Gasteiger partial charge in [-0.3, -0.25) is 4.79 Å². The Morgan fingerprint density at radius 1 is 0.758 bits per heavy atom. The zero-order valence-electron chi connectivity index (χ0n) is 18.5. The van der Waals surface area contributed by atoms with Crippen LogP contribution in [0.4, 0.5) is 5.69 Å². The van der Waals surface area contributed by atoms with Crippen molar-refractivity contribution in [1.82, 2.24) is 0 Å². The highest BCUT2D eigenvalue weighted by molar-refractivity contribution is 6.15. The average molecular weight is 432 g/mol. The van der Waals surface area contributed by atoms with Crippen LogP contribution in [0.1, 0.15) is 33.9 Å². The van der Waals surface area contributed by atoms with E-state index in [1.807, 2.05) is 78.9 Å². The van der Waals surface area contributed by atoms with Crippen LogP contribution in [-0.2, 0) is 0 Å². The van der Waals surface area contributed by atoms with Gasteiger partial charge in [0.05, 0.1) is 18.8 Å². The number of ketones is 1. The molecule has 0 bridgehead atoms. The summed E-state index contributed by atoms with van der Waals surface area (Å²) in [6.45, 7) is 0. The third-order valence-corrected chi connectivity index (χ3v) is 6.13. The number of ether oxygens (including phenoxy) is 1. The molecule has 0 aliphatic carbocycles. The van der Waals surface area contributed by atoms with E-state index in [0.29, 0.717) is 12.0 Å². The van der Waals surface area contributed by atoms with Crippen LogP contribution in [0.3, 0.4) is 0 Å². The predicted octanol–water partition coefficient (Wildman–Crippen LogP) is 6.94. The van der Waals surface area contributed by atoms with Gasteiger partial charge in [-0.2, -0.15) is 0 Å². The van der Waals surface area contributed by atoms with E-state index in [1.165, 1.54) is 0 Å². The minimum absolute atomic E-state index is 0.00354. The molecule has 0 saturated carbocycles. The normalized spacial score (nSPS) is 15.5. The molecule has 0 radical (unpaired) electrons. The molecule has 0 aromatic heterocycles. The lowest BCUT2D eigenvalue weighted by Gasteiger charge is -2.30. The Morgan fingerprint density at radius 3 is 1.94 bits per heavy atom. The molecule has 0 fully saturated rings. The summed E-state index contributed by atoms with van der Waals surface area (Å²) in [7, 11) is 1.67. The van der Waals surface area contributed by atoms with Crippen molar-refractivity contribution in [2.45, 2.75) is 12.5 Å². The van der Waals surface area contributed by atoms with Crippen molar-refractivity contribution in [3.63, 3.8) is 0 Å². The zero-order valence-corrected chi connectivity index (χ0v) is 18.5. The summed E-state index contributed by atoms with van der Waals surface area (Å²) in [5.74, 6) is 0.895. The lowest BCUT2D eigenvalue weighted by atomic mass is 9.95. The van der Waals surface area contributed by atoms with Crippen molar-refractivity contribution in [3.8, 4) is 5.75 Å². The summed E-state index contributed by atoms with van der Waals surface area (Å²) in [5.41, 5.74) is 5.76. The largest absolute Gasteiger partial charge is 0.497 e. The van der Waals surface area contributed by atoms with Crippen LogP contribution < -0.4 is 9.64 Å². The monoisotopic (exact) mass is 431 g/mol. The Kier molecular flexibility index (Phi) is 5.77. The van der Waals surface area contributed by atoms with Crippen LogP contribution in [0, 0.1) is 0 Å². The van der Waals surface area contributed by atoms with Crippen LogP contribution in [0.2, 0.25) is 0 Å². The van der Waals surface area contributed by atoms with Crippen molar-refractivity contribution in [1.29, 1.82) is 0 Å². The first-order valence-electron chi connectivity index (χ1n) is 11.1. The number of para-hydroxylation sites is 1. The number of methoxy groups -OCH3 is 1. The van der Waals surface area contributed by atoms with Crippen molar-refractivity contribution in [2.75, 3.05) is 12.0 Å². The second kappa shape index (κ2) is 9.17. The molecule has 0 amide bonds. The van der Waals surface area contributed by atoms with Crippen molar-refractivity contribution < 1.29 is 9.53 Å². The minimum Gasteiger partial charge on any atom is -0.497 e. The summed E-state index contributed by atoms with van der Waals surface area (Å²) < 4.78 is 5.37. The summed E-state index contributed by atoms with van der Waals surface area (Å²) in [5, 5.41) is 0. The number of anilines is 1. The van der Waals surface area contributed by atoms with E-state index in [-0.39, 0.29) is 11.8 Å². The van der Waals surface area contributed by atoms with Crippen molar-refractivity contribution in [2.24, 2.45) is 0 Å². The van der Waals surface area contributed by atoms with Crippen LogP contribution >= 0.6 is 0 Å². The number of rotatable bonds is 6. The highest BCUT2D eigenvalue weighted by Gasteiger charge is 2.37. The fraction of sp³-hybridized carbons (Fsp3) is 0.100. The molecule has 4 aromatic carbocycles. The molecule has 0 unspecified atom stereocenters. The van der Waals surface area contributed by atoms with Gasteiger partial charge < -0.3 is 9.64 Å². The molecule has 1 atom stereocenters. The van der Waals surface area contributed by atoms with Gasteiger partial charge in [0.1, 0.15) is 5.75 Å². The first-order chi connectivity index (χ1) is 16.3. The maximum atomic E-state index is 13.8. The van der Waals surface area contributed by atoms with Gasteiger partial charge in [0, 0.05) is 23.2 Å². The second-order valence-electron chi connectivity index (χ2n) is 8.09. The van der Waals surface area contributed by atoms with Gasteiger partial charge in [-0.05, 0) is 35.4 Å². The van der Waals surface area contributed by atoms with Gasteiger partial charge in [-0.25, -0.2) is 0 Å². The van der Waals surface area contributed by atoms with E-state index >= 15 is 0 Å². The lowest BCUT2D eigenvalue weighted by Crippen LogP contribution is -2.22. The number of nitrogens with zero attached hydrogens (tertiary/aromatic N) is 1. The van der Waals surface area contributed by atoms with Crippen LogP contribution in [0.25, 0.3) is 5.70 Å². The van der Waals surface area contributed by atoms with E-state index in [4.69, 9.17) is 4.74 Å². The number of hydrogen-bond acceptors (Lipinski definition) is 3. The molecule has 3 nitrogen and oxygen atoms in total. The van der Waals surface area contributed by atoms with E-state index in [1.54, 1.807) is 7.11 Å². The van der Waals surface area contributed by atoms with Gasteiger partial charge in [0.15, 0.2) is 5.78 Å². The van der Waals surface area contributed by atoms with Crippen molar-refractivity contribution in [3.05, 3.63) is 138 Å². The molecule has 0 saturated heterocycles. The first-order valence-corrected chi connectivity index (χ1v) is 11.1. The molecule has 0 spiro atoms. The van der Waals surface area contributed by atoms with E-state index < -0.39 is 0 Å². The standard InChI is InChI=1S/C30H25NO2/c1-33-26-19-17-22(18-20-26)28-21-27(30(32)24-13-7-3-8-14-24)29(23-11-5-2-6-12-23)31(28)25-15-9-4-10-16-25/h2-20,28H,21H2,1H3/t28-/m1/s1. The van der Waals surface area contributed by atoms with Crippen LogP contribution in [0.5, 0.6) is 5.75 Å². The van der Waals surface area contributed by atoms with Gasteiger partial charge >= 0.3 is 0 Å². The molecule has 4 aromatic rings. The Labute approximate surface area is 194 Å². The van der Waals surface area contributed by atoms with E-state index in [2.05, 4.69) is 41.3 Å². The number of benzene rings is 4. The molecule has 162 valence electrons. The van der Waals surface area contributed by atoms with Gasteiger partial charge in [0.25, 0.3) is 0 Å². The lowest BCUT2D eigenvalue weighted by molar-refractivity contribution is 0.103. The van der Waals surface area contributed by atoms with Gasteiger partial charge in [-0.1, -0.05) is 91.0 Å². The number of carbonyl (C=O) groups is 1. The SMILES string of the molecule is COc1ccc([C@H]2CC(C(=O)c3ccccc3)=C(c3ccccc3)N2c2ccccc2)cc1. The molecule has 3 heteroatoms. The van der Waals surface area contributed by atoms with E-state index in [9.17, 15) is 4.79 Å². The summed E-state index contributed by atoms with van der Waals surface area (Å²) in [6.07, 6.45) is 0.624. The number of Topliss-reactive ketones (excluding diaryl/α,β-unsaturated/α-hetero) is 1. The molecule has 5 rings (SSSR count). The molecule has 1 heterocycles. The Bertz CT molecular complexity index is 1260. The summed E-state index contributed by atoms with van der Waals surface area (Å²) in [6, 6.07) is 38.3. The molecule has 1 aliphatic rings. The maximum Gasteiger partial charge on any atom is 0.191 e. The fourth-order valence-corrected chi connectivity index (χ4v) is 4.55. The average Bonchev–Trinajstić information content (AvgIpc) is 3.30. The number of hydrogen-bond donors (Lipinski definition) is 0. The topological polar surface area (TPSA) is 29.5 Å². The Balaban J connectivity index is 1.70. The summed E-state index contributed by atoms with van der Waals surface area (Å²) >= 11 is 0. The smallest absolute Gasteiger partial charge is 0.191 e. The Hall–Kier alpha value is -4.11. The van der Waals surface area contributed by atoms with Gasteiger partial charge in [-0.15, -0.1) is 0 Å². The quantitative estimate of drug-likeness (QED) is 0.310. The van der Waals surface area contributed by atoms with Crippen LogP contribution in [0.15, 0.2) is 121 Å². The van der Waals surface area contributed by atoms with Crippen molar-refractivity contribution >= 4 is 17.2 Å². The molecule has 33 heavy (non-hydrogen) atoms. The fourth-order valence-electron chi connectivity index (χ4n) is 4.55. The number of carbonyl (C=O) groups excluding carboxylic acids is 1. The minimum atomic E-state index is -0.00354. The highest BCUT2D eigenvalue weighted by Crippen LogP contribution is 2.47. The van der Waals surface area contributed by atoms with Crippen LogP contribution in [-0.4, -0.2) is 12.9 Å². The third-order valence-electron chi connectivity index (χ3n) is 6.13. The second-order valence-corrected chi connectivity index (χ2v) is 8.09.